The number of thioether (sulfide) groups is 1. The number of hydrogen-bond acceptors (Lipinski definition) is 4. The molecule has 1 aromatic carbocycles. The average Bonchev–Trinajstić information content (AvgIpc) is 3.05. The molecule has 0 bridgehead atoms. The van der Waals surface area contributed by atoms with E-state index < -0.39 is 0 Å². The van der Waals surface area contributed by atoms with Crippen LogP contribution in [0.3, 0.4) is 0 Å². The molecule has 0 atom stereocenters. The first-order valence-electron chi connectivity index (χ1n) is 9.30. The minimum Gasteiger partial charge on any atom is -0.330 e. The van der Waals surface area contributed by atoms with Crippen molar-refractivity contribution >= 4 is 28.7 Å². The number of rotatable bonds is 4. The molecule has 2 aliphatic rings. The molecule has 2 aliphatic heterocycles. The summed E-state index contributed by atoms with van der Waals surface area (Å²) in [7, 11) is 0. The predicted molar refractivity (Wildman–Crippen MR) is 110 cm³/mol. The van der Waals surface area contributed by atoms with Gasteiger partial charge in [0, 0.05) is 24.4 Å². The van der Waals surface area contributed by atoms with Gasteiger partial charge in [0.15, 0.2) is 0 Å². The van der Waals surface area contributed by atoms with Gasteiger partial charge in [0.2, 0.25) is 0 Å². The maximum atomic E-state index is 5.63. The molecule has 0 amide bonds. The maximum Gasteiger partial charge on any atom is 0.0680 e. The highest BCUT2D eigenvalue weighted by atomic mass is 32.2. The summed E-state index contributed by atoms with van der Waals surface area (Å²) in [5.74, 6) is 1.09. The van der Waals surface area contributed by atoms with Gasteiger partial charge < -0.3 is 10.6 Å². The summed E-state index contributed by atoms with van der Waals surface area (Å²) in [6.07, 6.45) is 4.78. The third kappa shape index (κ3) is 3.72. The molecule has 25 heavy (non-hydrogen) atoms. The topological polar surface area (TPSA) is 29.3 Å². The average molecular weight is 371 g/mol. The minimum atomic E-state index is 0.818. The van der Waals surface area contributed by atoms with Gasteiger partial charge in [-0.3, -0.25) is 0 Å². The van der Waals surface area contributed by atoms with Gasteiger partial charge in [0.25, 0.3) is 0 Å². The summed E-state index contributed by atoms with van der Waals surface area (Å²) in [6, 6.07) is 11.4. The molecule has 1 aromatic heterocycles. The summed E-state index contributed by atoms with van der Waals surface area (Å²) in [5, 5.41) is 2.26. The third-order valence-electron chi connectivity index (χ3n) is 5.29. The quantitative estimate of drug-likeness (QED) is 0.769. The van der Waals surface area contributed by atoms with Crippen molar-refractivity contribution in [2.45, 2.75) is 35.6 Å². The molecule has 0 spiro atoms. The lowest BCUT2D eigenvalue weighted by molar-refractivity contribution is 0.252. The SMILES string of the molecule is NCCCCN1CCC(=C2c3ccccc3CSc3sccc32)CC1. The first kappa shape index (κ1) is 17.3. The monoisotopic (exact) mass is 370 g/mol. The molecule has 1 fully saturated rings. The van der Waals surface area contributed by atoms with Gasteiger partial charge in [-0.1, -0.05) is 29.8 Å². The normalized spacial score (nSPS) is 18.0. The summed E-state index contributed by atoms with van der Waals surface area (Å²) >= 11 is 3.90. The van der Waals surface area contributed by atoms with E-state index in [2.05, 4.69) is 40.6 Å². The molecule has 0 radical (unpaired) electrons. The Morgan fingerprint density at radius 3 is 2.68 bits per heavy atom. The predicted octanol–water partition coefficient (Wildman–Crippen LogP) is 4.99. The van der Waals surface area contributed by atoms with E-state index in [1.165, 1.54) is 59.8 Å². The molecule has 3 heterocycles. The Hall–Kier alpha value is -1.07. The summed E-state index contributed by atoms with van der Waals surface area (Å²) in [4.78, 5) is 2.62. The van der Waals surface area contributed by atoms with Crippen LogP contribution < -0.4 is 5.73 Å². The number of fused-ring (bicyclic) bond motifs is 2. The van der Waals surface area contributed by atoms with E-state index in [-0.39, 0.29) is 0 Å². The standard InChI is InChI=1S/C21H26N2S2/c22-10-3-4-11-23-12-7-16(8-13-23)20-18-6-2-1-5-17(18)15-25-21-19(20)9-14-24-21/h1-2,5-6,9,14H,3-4,7-8,10-13,15,22H2. The van der Waals surface area contributed by atoms with Gasteiger partial charge in [-0.05, 0) is 66.9 Å². The fraction of sp³-hybridized carbons (Fsp3) is 0.429. The van der Waals surface area contributed by atoms with Crippen molar-refractivity contribution in [2.24, 2.45) is 5.73 Å². The number of thiophene rings is 1. The van der Waals surface area contributed by atoms with Crippen molar-refractivity contribution in [1.29, 1.82) is 0 Å². The van der Waals surface area contributed by atoms with Crippen LogP contribution in [-0.4, -0.2) is 31.1 Å². The van der Waals surface area contributed by atoms with Gasteiger partial charge in [0.05, 0.1) is 4.21 Å². The smallest absolute Gasteiger partial charge is 0.0680 e. The lowest BCUT2D eigenvalue weighted by Gasteiger charge is -2.30. The summed E-state index contributed by atoms with van der Waals surface area (Å²) < 4.78 is 1.49. The van der Waals surface area contributed by atoms with Crippen molar-refractivity contribution < 1.29 is 0 Å². The van der Waals surface area contributed by atoms with Crippen LogP contribution in [0.5, 0.6) is 0 Å². The zero-order chi connectivity index (χ0) is 17.1. The van der Waals surface area contributed by atoms with Crippen molar-refractivity contribution in [2.75, 3.05) is 26.2 Å². The zero-order valence-corrected chi connectivity index (χ0v) is 16.3. The van der Waals surface area contributed by atoms with Crippen LogP contribution >= 0.6 is 23.1 Å². The van der Waals surface area contributed by atoms with E-state index in [9.17, 15) is 0 Å². The van der Waals surface area contributed by atoms with E-state index in [4.69, 9.17) is 5.73 Å². The number of nitrogens with zero attached hydrogens (tertiary/aromatic N) is 1. The first-order valence-corrected chi connectivity index (χ1v) is 11.2. The van der Waals surface area contributed by atoms with Crippen LogP contribution in [-0.2, 0) is 5.75 Å². The minimum absolute atomic E-state index is 0.818. The first-order chi connectivity index (χ1) is 12.4. The van der Waals surface area contributed by atoms with Crippen LogP contribution in [0.2, 0.25) is 0 Å². The van der Waals surface area contributed by atoms with Crippen molar-refractivity contribution in [3.8, 4) is 0 Å². The Balaban J connectivity index is 1.63. The highest BCUT2D eigenvalue weighted by Gasteiger charge is 2.24. The summed E-state index contributed by atoms with van der Waals surface area (Å²) in [5.41, 5.74) is 13.3. The Labute approximate surface area is 159 Å². The number of likely N-dealkylation sites (tertiary alicyclic amines) is 1. The summed E-state index contributed by atoms with van der Waals surface area (Å²) in [6.45, 7) is 4.41. The van der Waals surface area contributed by atoms with E-state index in [1.807, 2.05) is 23.1 Å². The maximum absolute atomic E-state index is 5.63. The second-order valence-electron chi connectivity index (χ2n) is 6.88. The van der Waals surface area contributed by atoms with E-state index in [0.29, 0.717) is 0 Å². The molecular weight excluding hydrogens is 344 g/mol. The number of unbranched alkanes of at least 4 members (excludes halogenated alkanes) is 1. The highest BCUT2D eigenvalue weighted by Crippen LogP contribution is 2.45. The molecule has 2 aromatic rings. The molecule has 132 valence electrons. The largest absolute Gasteiger partial charge is 0.330 e. The zero-order valence-electron chi connectivity index (χ0n) is 14.7. The molecule has 4 heteroatoms. The Kier molecular flexibility index (Phi) is 5.61. The molecule has 0 aliphatic carbocycles. The van der Waals surface area contributed by atoms with Crippen LogP contribution in [0.1, 0.15) is 42.4 Å². The molecule has 2 N–H and O–H groups in total. The second-order valence-corrected chi connectivity index (χ2v) is 9.04. The molecule has 2 nitrogen and oxygen atoms in total. The number of nitrogens with two attached hydrogens (primary N) is 1. The molecule has 0 saturated carbocycles. The van der Waals surface area contributed by atoms with E-state index in [1.54, 1.807) is 11.1 Å². The number of piperidine rings is 1. The lowest BCUT2D eigenvalue weighted by atomic mass is 9.87. The molecular formula is C21H26N2S2. The fourth-order valence-electron chi connectivity index (χ4n) is 3.93. The van der Waals surface area contributed by atoms with Crippen molar-refractivity contribution in [3.63, 3.8) is 0 Å². The molecule has 4 rings (SSSR count). The Morgan fingerprint density at radius 1 is 1.00 bits per heavy atom. The Bertz CT molecular complexity index is 753. The van der Waals surface area contributed by atoms with Gasteiger partial charge in [-0.25, -0.2) is 0 Å². The second kappa shape index (κ2) is 8.09. The van der Waals surface area contributed by atoms with Gasteiger partial charge >= 0.3 is 0 Å². The van der Waals surface area contributed by atoms with Gasteiger partial charge in [-0.2, -0.15) is 0 Å². The van der Waals surface area contributed by atoms with Gasteiger partial charge in [-0.15, -0.1) is 23.1 Å². The van der Waals surface area contributed by atoms with Crippen LogP contribution in [0.25, 0.3) is 5.57 Å². The highest BCUT2D eigenvalue weighted by molar-refractivity contribution is 8.00. The number of benzene rings is 1. The van der Waals surface area contributed by atoms with Crippen LogP contribution in [0.15, 0.2) is 45.5 Å². The fourth-order valence-corrected chi connectivity index (χ4v) is 6.03. The van der Waals surface area contributed by atoms with Crippen molar-refractivity contribution in [1.82, 2.24) is 4.90 Å². The number of hydrogen-bond donors (Lipinski definition) is 1. The third-order valence-corrected chi connectivity index (χ3v) is 7.57. The van der Waals surface area contributed by atoms with E-state index in [0.717, 1.165) is 18.7 Å². The molecule has 1 saturated heterocycles. The Morgan fingerprint density at radius 2 is 1.84 bits per heavy atom. The van der Waals surface area contributed by atoms with Crippen LogP contribution in [0, 0.1) is 0 Å². The van der Waals surface area contributed by atoms with Gasteiger partial charge in [0.1, 0.15) is 0 Å². The van der Waals surface area contributed by atoms with Crippen LogP contribution in [0.4, 0.5) is 0 Å². The van der Waals surface area contributed by atoms with E-state index >= 15 is 0 Å². The van der Waals surface area contributed by atoms with Crippen molar-refractivity contribution in [3.05, 3.63) is 58.0 Å². The lowest BCUT2D eigenvalue weighted by Crippen LogP contribution is -2.32. The molecule has 0 unspecified atom stereocenters.